The number of rotatable bonds is 17. The predicted molar refractivity (Wildman–Crippen MR) is 128 cm³/mol. The topological polar surface area (TPSA) is 63.6 Å². The molecule has 0 aliphatic carbocycles. The summed E-state index contributed by atoms with van der Waals surface area (Å²) in [6.07, 6.45) is 12.2. The summed E-state index contributed by atoms with van der Waals surface area (Å²) in [6.45, 7) is 6.07. The Kier molecular flexibility index (Phi) is 17.7. The second-order valence-electron chi connectivity index (χ2n) is 8.27. The van der Waals surface area contributed by atoms with Crippen LogP contribution in [0.15, 0.2) is 35.2 Å². The molecule has 4 nitrogen and oxygen atoms in total. The Labute approximate surface area is 207 Å². The molecule has 0 fully saturated rings. The molecule has 1 aromatic rings. The van der Waals surface area contributed by atoms with Crippen molar-refractivity contribution in [1.29, 1.82) is 0 Å². The van der Waals surface area contributed by atoms with Gasteiger partial charge in [-0.25, -0.2) is 0 Å². The Morgan fingerprint density at radius 2 is 1.43 bits per heavy atom. The van der Waals surface area contributed by atoms with Crippen molar-refractivity contribution in [3.63, 3.8) is 0 Å². The van der Waals surface area contributed by atoms with E-state index in [1.807, 2.05) is 13.8 Å². The maximum absolute atomic E-state index is 12.6. The summed E-state index contributed by atoms with van der Waals surface area (Å²) in [5.41, 5.74) is 0. The molecule has 0 heterocycles. The van der Waals surface area contributed by atoms with Gasteiger partial charge in [0, 0.05) is 0 Å². The van der Waals surface area contributed by atoms with Crippen LogP contribution in [-0.4, -0.2) is 55.3 Å². The van der Waals surface area contributed by atoms with E-state index in [1.165, 1.54) is 44.9 Å². The van der Waals surface area contributed by atoms with Crippen LogP contribution < -0.4 is 0 Å². The predicted octanol–water partition coefficient (Wildman–Crippen LogP) is 5.83. The van der Waals surface area contributed by atoms with Crippen LogP contribution in [0.4, 0.5) is 0 Å². The van der Waals surface area contributed by atoms with Crippen LogP contribution in [0.3, 0.4) is 0 Å². The fourth-order valence-electron chi connectivity index (χ4n) is 3.78. The van der Waals surface area contributed by atoms with Gasteiger partial charge >= 0.3 is 29.6 Å². The monoisotopic (exact) mass is 450 g/mol. The van der Waals surface area contributed by atoms with Crippen LogP contribution in [0.5, 0.6) is 0 Å². The van der Waals surface area contributed by atoms with E-state index in [9.17, 15) is 13.5 Å². The standard InChI is InChI=1S/C24H42O4S.Na.H/c1-4-6-7-8-9-10-11-13-17-22(21(3)25)20-23(16-5-2)28-29(26,27)24-18-14-12-15-19-24;;/h12,14-15,18-19,21-23,25H,4-11,13,16-17,20H2,1-3H3;;. The molecular formula is C24H43NaO4S. The first kappa shape index (κ1) is 30.1. The third kappa shape index (κ3) is 12.8. The number of unbranched alkanes of at least 4 members (excludes halogenated alkanes) is 7. The van der Waals surface area contributed by atoms with Crippen LogP contribution in [0.25, 0.3) is 0 Å². The number of hydrogen-bond donors (Lipinski definition) is 1. The summed E-state index contributed by atoms with van der Waals surface area (Å²) in [4.78, 5) is 0.192. The number of aliphatic hydroxyl groups excluding tert-OH is 1. The van der Waals surface area contributed by atoms with Crippen molar-refractivity contribution in [1.82, 2.24) is 0 Å². The third-order valence-corrected chi connectivity index (χ3v) is 6.96. The van der Waals surface area contributed by atoms with Crippen LogP contribution in [0.2, 0.25) is 0 Å². The van der Waals surface area contributed by atoms with E-state index in [2.05, 4.69) is 6.92 Å². The van der Waals surface area contributed by atoms with Gasteiger partial charge in [0.25, 0.3) is 10.1 Å². The fourth-order valence-corrected chi connectivity index (χ4v) is 4.92. The van der Waals surface area contributed by atoms with E-state index < -0.39 is 16.2 Å². The molecule has 0 saturated heterocycles. The summed E-state index contributed by atoms with van der Waals surface area (Å²) in [5.74, 6) is 0.0672. The molecule has 1 aromatic carbocycles. The van der Waals surface area contributed by atoms with Crippen molar-refractivity contribution >= 4 is 39.7 Å². The Morgan fingerprint density at radius 1 is 0.867 bits per heavy atom. The zero-order valence-electron chi connectivity index (χ0n) is 18.7. The first-order valence-corrected chi connectivity index (χ1v) is 13.0. The van der Waals surface area contributed by atoms with Gasteiger partial charge in [-0.1, -0.05) is 89.8 Å². The second-order valence-corrected chi connectivity index (χ2v) is 9.85. The molecule has 6 heteroatoms. The summed E-state index contributed by atoms with van der Waals surface area (Å²) in [6, 6.07) is 8.31. The van der Waals surface area contributed by atoms with Crippen LogP contribution in [0, 0.1) is 5.92 Å². The van der Waals surface area contributed by atoms with Gasteiger partial charge in [-0.15, -0.1) is 0 Å². The van der Waals surface area contributed by atoms with Gasteiger partial charge in [0.2, 0.25) is 0 Å². The fraction of sp³-hybridized carbons (Fsp3) is 0.750. The molecule has 0 aliphatic heterocycles. The van der Waals surface area contributed by atoms with E-state index in [-0.39, 0.29) is 46.5 Å². The molecule has 0 spiro atoms. The van der Waals surface area contributed by atoms with Gasteiger partial charge in [0.05, 0.1) is 17.1 Å². The summed E-state index contributed by atoms with van der Waals surface area (Å²) < 4.78 is 30.8. The third-order valence-electron chi connectivity index (χ3n) is 5.58. The Morgan fingerprint density at radius 3 is 1.97 bits per heavy atom. The SMILES string of the molecule is CCCCCCCCCCC(CC(CCC)OS(=O)(=O)c1ccccc1)C(C)O.[NaH]. The number of aliphatic hydroxyl groups is 1. The molecule has 3 atom stereocenters. The molecule has 0 amide bonds. The van der Waals surface area contributed by atoms with Crippen molar-refractivity contribution in [3.05, 3.63) is 30.3 Å². The average Bonchev–Trinajstić information content (AvgIpc) is 2.69. The molecule has 0 aliphatic rings. The molecule has 1 N–H and O–H groups in total. The number of benzene rings is 1. The molecule has 1 rings (SSSR count). The van der Waals surface area contributed by atoms with E-state index in [4.69, 9.17) is 4.18 Å². The minimum absolute atomic E-state index is 0. The van der Waals surface area contributed by atoms with E-state index in [0.717, 1.165) is 19.3 Å². The van der Waals surface area contributed by atoms with Crippen molar-refractivity contribution in [2.24, 2.45) is 5.92 Å². The Hall–Kier alpha value is 0.0900. The number of hydrogen-bond acceptors (Lipinski definition) is 4. The average molecular weight is 451 g/mol. The van der Waals surface area contributed by atoms with Crippen LogP contribution >= 0.6 is 0 Å². The normalized spacial score (nSPS) is 14.7. The van der Waals surface area contributed by atoms with Crippen LogP contribution in [0.1, 0.15) is 97.8 Å². The minimum atomic E-state index is -3.77. The molecule has 0 aromatic heterocycles. The zero-order valence-corrected chi connectivity index (χ0v) is 19.5. The van der Waals surface area contributed by atoms with E-state index in [1.54, 1.807) is 30.3 Å². The van der Waals surface area contributed by atoms with Crippen molar-refractivity contribution in [2.45, 2.75) is 115 Å². The van der Waals surface area contributed by atoms with E-state index in [0.29, 0.717) is 12.8 Å². The van der Waals surface area contributed by atoms with Crippen molar-refractivity contribution < 1.29 is 17.7 Å². The van der Waals surface area contributed by atoms with Gasteiger partial charge in [0.1, 0.15) is 0 Å². The first-order valence-electron chi connectivity index (χ1n) is 11.6. The van der Waals surface area contributed by atoms with Gasteiger partial charge in [-0.3, -0.25) is 4.18 Å². The molecule has 0 bridgehead atoms. The molecule has 170 valence electrons. The molecule has 0 saturated carbocycles. The molecule has 0 radical (unpaired) electrons. The first-order chi connectivity index (χ1) is 13.9. The van der Waals surface area contributed by atoms with Gasteiger partial charge in [0.15, 0.2) is 0 Å². The molecule has 30 heavy (non-hydrogen) atoms. The quantitative estimate of drug-likeness (QED) is 0.184. The van der Waals surface area contributed by atoms with Crippen molar-refractivity contribution in [3.8, 4) is 0 Å². The molecule has 3 unspecified atom stereocenters. The summed E-state index contributed by atoms with van der Waals surface area (Å²) in [5, 5.41) is 10.2. The zero-order chi connectivity index (χ0) is 21.5. The van der Waals surface area contributed by atoms with Crippen molar-refractivity contribution in [2.75, 3.05) is 0 Å². The van der Waals surface area contributed by atoms with Gasteiger partial charge in [-0.2, -0.15) is 8.42 Å². The maximum atomic E-state index is 12.6. The second kappa shape index (κ2) is 17.6. The Bertz CT molecular complexity index is 619. The summed E-state index contributed by atoms with van der Waals surface area (Å²) in [7, 11) is -3.77. The van der Waals surface area contributed by atoms with E-state index >= 15 is 0 Å². The molecular weight excluding hydrogens is 407 g/mol. The van der Waals surface area contributed by atoms with Gasteiger partial charge in [-0.05, 0) is 44.2 Å². The van der Waals surface area contributed by atoms with Gasteiger partial charge < -0.3 is 5.11 Å². The summed E-state index contributed by atoms with van der Waals surface area (Å²) >= 11 is 0. The van der Waals surface area contributed by atoms with Crippen LogP contribution in [-0.2, 0) is 14.3 Å². The Balaban J connectivity index is 0.00000841.